The number of para-hydroxylation sites is 1. The number of anilines is 1. The van der Waals surface area contributed by atoms with Gasteiger partial charge in [0.1, 0.15) is 0 Å². The number of hydrogen-bond donors (Lipinski definition) is 2. The molecule has 10 nitrogen and oxygen atoms in total. The summed E-state index contributed by atoms with van der Waals surface area (Å²) in [4.78, 5) is 35.5. The molecular formula is C21H25N3O7S. The van der Waals surface area contributed by atoms with Crippen LogP contribution in [0.3, 0.4) is 0 Å². The molecule has 11 heteroatoms. The first-order chi connectivity index (χ1) is 15.3. The molecule has 0 saturated carbocycles. The van der Waals surface area contributed by atoms with Crippen LogP contribution in [-0.2, 0) is 24.3 Å². The number of methoxy groups -OCH3 is 1. The number of carbonyl (C=O) groups excluding carboxylic acids is 3. The average Bonchev–Trinajstić information content (AvgIpc) is 2.78. The van der Waals surface area contributed by atoms with Crippen molar-refractivity contribution in [2.75, 3.05) is 37.7 Å². The van der Waals surface area contributed by atoms with Crippen molar-refractivity contribution in [1.29, 1.82) is 0 Å². The van der Waals surface area contributed by atoms with Crippen molar-refractivity contribution < 1.29 is 32.3 Å². The van der Waals surface area contributed by atoms with Crippen LogP contribution in [0.15, 0.2) is 59.5 Å². The van der Waals surface area contributed by atoms with Gasteiger partial charge >= 0.3 is 12.0 Å². The highest BCUT2D eigenvalue weighted by Gasteiger charge is 2.24. The summed E-state index contributed by atoms with van der Waals surface area (Å²) in [5.41, 5.74) is 0.441. The minimum atomic E-state index is -3.94. The lowest BCUT2D eigenvalue weighted by molar-refractivity contribution is -0.123. The highest BCUT2D eigenvalue weighted by molar-refractivity contribution is 7.92. The van der Waals surface area contributed by atoms with Gasteiger partial charge in [-0.3, -0.25) is 14.4 Å². The molecule has 0 spiro atoms. The van der Waals surface area contributed by atoms with Gasteiger partial charge in [0, 0.05) is 20.2 Å². The second-order valence-corrected chi connectivity index (χ2v) is 8.27. The Morgan fingerprint density at radius 1 is 1.03 bits per heavy atom. The van der Waals surface area contributed by atoms with Gasteiger partial charge in [-0.25, -0.2) is 18.0 Å². The fourth-order valence-electron chi connectivity index (χ4n) is 2.68. The van der Waals surface area contributed by atoms with Crippen LogP contribution in [0.5, 0.6) is 0 Å². The van der Waals surface area contributed by atoms with Crippen molar-refractivity contribution in [3.05, 3.63) is 60.2 Å². The number of nitrogens with one attached hydrogen (secondary N) is 2. The predicted molar refractivity (Wildman–Crippen MR) is 117 cm³/mol. The third-order valence-electron chi connectivity index (χ3n) is 4.17. The molecule has 2 rings (SSSR count). The number of sulfonamides is 1. The smallest absolute Gasteiger partial charge is 0.338 e. The third-order valence-corrected chi connectivity index (χ3v) is 6.07. The topological polar surface area (TPSA) is 131 Å². The summed E-state index contributed by atoms with van der Waals surface area (Å²) in [6.07, 6.45) is 0. The molecule has 0 aliphatic heterocycles. The van der Waals surface area contributed by atoms with Crippen LogP contribution in [0.4, 0.5) is 10.5 Å². The molecule has 0 aromatic heterocycles. The Labute approximate surface area is 186 Å². The van der Waals surface area contributed by atoms with Crippen LogP contribution >= 0.6 is 0 Å². The Bertz CT molecular complexity index is 1040. The summed E-state index contributed by atoms with van der Waals surface area (Å²) < 4.78 is 37.1. The van der Waals surface area contributed by atoms with Crippen molar-refractivity contribution in [3.63, 3.8) is 0 Å². The first kappa shape index (κ1) is 24.8. The second-order valence-electron chi connectivity index (χ2n) is 6.41. The van der Waals surface area contributed by atoms with Crippen molar-refractivity contribution in [3.8, 4) is 0 Å². The zero-order valence-electron chi connectivity index (χ0n) is 17.7. The first-order valence-electron chi connectivity index (χ1n) is 9.71. The third kappa shape index (κ3) is 6.79. The molecule has 0 atom stereocenters. The number of nitrogens with zero attached hydrogens (tertiary/aromatic N) is 1. The summed E-state index contributed by atoms with van der Waals surface area (Å²) in [6, 6.07) is 13.1. The Morgan fingerprint density at radius 2 is 1.75 bits per heavy atom. The zero-order valence-corrected chi connectivity index (χ0v) is 18.6. The van der Waals surface area contributed by atoms with Gasteiger partial charge in [0.2, 0.25) is 0 Å². The van der Waals surface area contributed by atoms with Crippen LogP contribution < -0.4 is 14.9 Å². The van der Waals surface area contributed by atoms with Crippen molar-refractivity contribution in [2.45, 2.75) is 11.8 Å². The second kappa shape index (κ2) is 11.8. The van der Waals surface area contributed by atoms with Gasteiger partial charge in [-0.1, -0.05) is 24.3 Å². The largest absolute Gasteiger partial charge is 0.452 e. The number of hydrogen-bond acceptors (Lipinski definition) is 7. The van der Waals surface area contributed by atoms with Crippen molar-refractivity contribution in [1.82, 2.24) is 10.6 Å². The molecule has 32 heavy (non-hydrogen) atoms. The van der Waals surface area contributed by atoms with Gasteiger partial charge in [-0.2, -0.15) is 0 Å². The molecule has 0 aliphatic rings. The molecule has 0 heterocycles. The molecule has 0 unspecified atom stereocenters. The van der Waals surface area contributed by atoms with Crippen LogP contribution in [0.25, 0.3) is 0 Å². The molecule has 3 amide bonds. The van der Waals surface area contributed by atoms with Gasteiger partial charge in [-0.05, 0) is 37.3 Å². The normalized spacial score (nSPS) is 10.8. The fraction of sp³-hybridized carbons (Fsp3) is 0.286. The molecular weight excluding hydrogens is 438 g/mol. The minimum Gasteiger partial charge on any atom is -0.452 e. The van der Waals surface area contributed by atoms with E-state index in [4.69, 9.17) is 9.47 Å². The number of imide groups is 1. The van der Waals surface area contributed by atoms with E-state index < -0.39 is 34.5 Å². The lowest BCUT2D eigenvalue weighted by Crippen LogP contribution is -2.42. The maximum absolute atomic E-state index is 13.1. The van der Waals surface area contributed by atoms with E-state index in [-0.39, 0.29) is 30.2 Å². The van der Waals surface area contributed by atoms with E-state index in [1.54, 1.807) is 37.3 Å². The molecule has 0 aliphatic carbocycles. The highest BCUT2D eigenvalue weighted by Crippen LogP contribution is 2.24. The predicted octanol–water partition coefficient (Wildman–Crippen LogP) is 1.53. The van der Waals surface area contributed by atoms with E-state index in [2.05, 4.69) is 5.32 Å². The number of rotatable bonds is 10. The van der Waals surface area contributed by atoms with E-state index in [1.807, 2.05) is 5.32 Å². The van der Waals surface area contributed by atoms with Crippen LogP contribution in [0.2, 0.25) is 0 Å². The number of esters is 1. The van der Waals surface area contributed by atoms with Crippen LogP contribution in [0, 0.1) is 0 Å². The first-order valence-corrected chi connectivity index (χ1v) is 11.1. The summed E-state index contributed by atoms with van der Waals surface area (Å²) in [5.74, 6) is -1.74. The van der Waals surface area contributed by atoms with Gasteiger partial charge in [0.15, 0.2) is 6.61 Å². The standard InChI is InChI=1S/C21H25N3O7S/c1-3-24(17-9-5-4-6-10-17)32(28,29)18-11-7-8-16(14-18)20(26)31-15-19(25)23-21(27)22-12-13-30-2/h4-11,14H,3,12-13,15H2,1-2H3,(H2,22,23,25,27). The fourth-order valence-corrected chi connectivity index (χ4v) is 4.20. The molecule has 0 saturated heterocycles. The van der Waals surface area contributed by atoms with Gasteiger partial charge in [0.25, 0.3) is 15.9 Å². The summed E-state index contributed by atoms with van der Waals surface area (Å²) in [7, 11) is -2.47. The lowest BCUT2D eigenvalue weighted by Gasteiger charge is -2.23. The highest BCUT2D eigenvalue weighted by atomic mass is 32.2. The lowest BCUT2D eigenvalue weighted by atomic mass is 10.2. The number of ether oxygens (including phenoxy) is 2. The van der Waals surface area contributed by atoms with Crippen molar-refractivity contribution in [2.24, 2.45) is 0 Å². The number of amides is 3. The number of benzene rings is 2. The van der Waals surface area contributed by atoms with Gasteiger partial charge < -0.3 is 14.8 Å². The maximum atomic E-state index is 13.1. The zero-order chi connectivity index (χ0) is 23.6. The summed E-state index contributed by atoms with van der Waals surface area (Å²) in [6.45, 7) is 1.66. The quantitative estimate of drug-likeness (QED) is 0.403. The van der Waals surface area contributed by atoms with Gasteiger partial charge in [0.05, 0.1) is 22.8 Å². The van der Waals surface area contributed by atoms with E-state index in [0.717, 1.165) is 0 Å². The van der Waals surface area contributed by atoms with Crippen LogP contribution in [0.1, 0.15) is 17.3 Å². The van der Waals surface area contributed by atoms with Crippen LogP contribution in [-0.4, -0.2) is 59.7 Å². The molecule has 2 aromatic carbocycles. The van der Waals surface area contributed by atoms with E-state index in [1.165, 1.54) is 35.7 Å². The Balaban J connectivity index is 2.04. The van der Waals surface area contributed by atoms with E-state index >= 15 is 0 Å². The van der Waals surface area contributed by atoms with Crippen molar-refractivity contribution >= 4 is 33.6 Å². The summed E-state index contributed by atoms with van der Waals surface area (Å²) in [5, 5.41) is 4.38. The minimum absolute atomic E-state index is 0.0486. The Hall–Kier alpha value is -3.44. The number of urea groups is 1. The molecule has 172 valence electrons. The molecule has 2 aromatic rings. The van der Waals surface area contributed by atoms with E-state index in [9.17, 15) is 22.8 Å². The molecule has 2 N–H and O–H groups in total. The average molecular weight is 464 g/mol. The summed E-state index contributed by atoms with van der Waals surface area (Å²) >= 11 is 0. The van der Waals surface area contributed by atoms with E-state index in [0.29, 0.717) is 5.69 Å². The molecule has 0 fully saturated rings. The monoisotopic (exact) mass is 463 g/mol. The van der Waals surface area contributed by atoms with Gasteiger partial charge in [-0.15, -0.1) is 0 Å². The maximum Gasteiger partial charge on any atom is 0.338 e. The Morgan fingerprint density at radius 3 is 2.41 bits per heavy atom. The Kier molecular flexibility index (Phi) is 9.17. The SMILES string of the molecule is CCN(c1ccccc1)S(=O)(=O)c1cccc(C(=O)OCC(=O)NC(=O)NCCOC)c1. The number of carbonyl (C=O) groups is 3. The molecule has 0 bridgehead atoms. The molecule has 0 radical (unpaired) electrons.